The molecule has 0 spiro atoms. The molecule has 0 aromatic heterocycles. The van der Waals surface area contributed by atoms with E-state index in [1.165, 1.54) is 96.3 Å². The predicted octanol–water partition coefficient (Wildman–Crippen LogP) is 21.7. The second kappa shape index (κ2) is 70.0. The molecule has 0 aliphatic rings. The van der Waals surface area contributed by atoms with Crippen LogP contribution in [0.2, 0.25) is 0 Å². The second-order valence-electron chi connectivity index (χ2n) is 25.6. The van der Waals surface area contributed by atoms with Gasteiger partial charge in [0.15, 0.2) is 12.2 Å². The zero-order valence-corrected chi connectivity index (χ0v) is 62.6. The number of carbonyl (C=O) groups is 4. The topological polar surface area (TPSA) is 237 Å². The third kappa shape index (κ3) is 69.0. The minimum absolute atomic E-state index is 0.0836. The summed E-state index contributed by atoms with van der Waals surface area (Å²) in [6, 6.07) is 0. The van der Waals surface area contributed by atoms with Crippen molar-refractivity contribution in [1.82, 2.24) is 0 Å². The van der Waals surface area contributed by atoms with E-state index in [1.807, 2.05) is 0 Å². The Labute approximate surface area is 583 Å². The summed E-state index contributed by atoms with van der Waals surface area (Å²) in [5, 5.41) is 10.6. The van der Waals surface area contributed by atoms with Crippen LogP contribution in [-0.2, 0) is 65.4 Å². The summed E-state index contributed by atoms with van der Waals surface area (Å²) in [6.07, 6.45) is 69.0. The van der Waals surface area contributed by atoms with Crippen LogP contribution in [0.25, 0.3) is 0 Å². The number of aliphatic hydroxyl groups excluding tert-OH is 1. The van der Waals surface area contributed by atoms with Crippen LogP contribution in [0.5, 0.6) is 0 Å². The second-order valence-corrected chi connectivity index (χ2v) is 28.5. The Bertz CT molecular complexity index is 2110. The fraction of sp³-hybridized carbons (Fsp3) is 0.792. The largest absolute Gasteiger partial charge is 0.472 e. The molecule has 3 N–H and O–H groups in total. The highest BCUT2D eigenvalue weighted by Gasteiger charge is 2.30. The molecule has 0 fully saturated rings. The van der Waals surface area contributed by atoms with Crippen LogP contribution < -0.4 is 0 Å². The smallest absolute Gasteiger partial charge is 0.462 e. The van der Waals surface area contributed by atoms with Crippen molar-refractivity contribution in [2.24, 2.45) is 0 Å². The Kier molecular flexibility index (Phi) is 67.4. The summed E-state index contributed by atoms with van der Waals surface area (Å²) < 4.78 is 68.4. The van der Waals surface area contributed by atoms with E-state index in [1.54, 1.807) is 0 Å². The first-order valence-corrected chi connectivity index (χ1v) is 41.2. The Hall–Kier alpha value is -3.50. The number of rotatable bonds is 72. The summed E-state index contributed by atoms with van der Waals surface area (Å²) in [7, 11) is -9.94. The lowest BCUT2D eigenvalue weighted by Crippen LogP contribution is -2.30. The molecule has 0 heterocycles. The molecule has 0 saturated heterocycles. The zero-order chi connectivity index (χ0) is 70.4. The third-order valence-electron chi connectivity index (χ3n) is 16.2. The molecule has 17 nitrogen and oxygen atoms in total. The molecule has 0 amide bonds. The number of allylic oxidation sites excluding steroid dienone is 12. The number of carbonyl (C=O) groups excluding carboxylic acids is 4. The SMILES string of the molecule is CC/C=C\C/C=C\C/C=C\C/C=C\CCCCCCCCC(=O)OCC(COP(=O)(O)OCC(O)COP(=O)(O)OCC(COC(=O)CCCCCCCCCCCCCCC)OC(=O)CCCCCCC/C=C\CCCC)OC(=O)CCCCCCC/C=C\CCCCCC. The van der Waals surface area contributed by atoms with Gasteiger partial charge in [0.2, 0.25) is 0 Å². The summed E-state index contributed by atoms with van der Waals surface area (Å²) in [4.78, 5) is 72.7. The molecule has 5 unspecified atom stereocenters. The van der Waals surface area contributed by atoms with Crippen LogP contribution >= 0.6 is 15.6 Å². The van der Waals surface area contributed by atoms with Gasteiger partial charge in [-0.15, -0.1) is 0 Å². The molecule has 0 aromatic rings. The van der Waals surface area contributed by atoms with Gasteiger partial charge in [0, 0.05) is 25.7 Å². The van der Waals surface area contributed by atoms with Crippen LogP contribution in [0, 0.1) is 0 Å². The summed E-state index contributed by atoms with van der Waals surface area (Å²) >= 11 is 0. The summed E-state index contributed by atoms with van der Waals surface area (Å²) in [5.41, 5.74) is 0. The number of hydrogen-bond donors (Lipinski definition) is 3. The van der Waals surface area contributed by atoms with E-state index >= 15 is 0 Å². The number of hydrogen-bond acceptors (Lipinski definition) is 15. The minimum Gasteiger partial charge on any atom is -0.462 e. The van der Waals surface area contributed by atoms with Crippen molar-refractivity contribution in [3.05, 3.63) is 72.9 Å². The number of esters is 4. The molecule has 0 radical (unpaired) electrons. The van der Waals surface area contributed by atoms with E-state index in [9.17, 15) is 43.2 Å². The molecule has 5 atom stereocenters. The van der Waals surface area contributed by atoms with Gasteiger partial charge in [-0.3, -0.25) is 37.3 Å². The molecule has 96 heavy (non-hydrogen) atoms. The molecular weight excluding hydrogens is 1260 g/mol. The summed E-state index contributed by atoms with van der Waals surface area (Å²) in [6.45, 7) is 4.71. The molecule has 19 heteroatoms. The molecule has 0 aliphatic carbocycles. The normalized spacial score (nSPS) is 14.4. The first-order valence-electron chi connectivity index (χ1n) is 38.2. The maximum atomic E-state index is 13.1. The Morgan fingerprint density at radius 1 is 0.302 bits per heavy atom. The van der Waals surface area contributed by atoms with Crippen molar-refractivity contribution in [2.75, 3.05) is 39.6 Å². The van der Waals surface area contributed by atoms with Gasteiger partial charge in [0.1, 0.15) is 19.3 Å². The lowest BCUT2D eigenvalue weighted by molar-refractivity contribution is -0.161. The molecule has 0 aromatic carbocycles. The Morgan fingerprint density at radius 2 is 0.552 bits per heavy atom. The minimum atomic E-state index is -4.97. The lowest BCUT2D eigenvalue weighted by atomic mass is 10.0. The first-order chi connectivity index (χ1) is 46.7. The fourth-order valence-corrected chi connectivity index (χ4v) is 11.9. The third-order valence-corrected chi connectivity index (χ3v) is 18.1. The van der Waals surface area contributed by atoms with Gasteiger partial charge in [0.25, 0.3) is 0 Å². The zero-order valence-electron chi connectivity index (χ0n) is 60.8. The number of aliphatic hydroxyl groups is 1. The molecule has 0 bridgehead atoms. The highest BCUT2D eigenvalue weighted by atomic mass is 31.2. The van der Waals surface area contributed by atoms with Crippen molar-refractivity contribution < 1.29 is 80.2 Å². The van der Waals surface area contributed by atoms with E-state index in [2.05, 4.69) is 101 Å². The maximum Gasteiger partial charge on any atom is 0.472 e. The number of phosphoric acid groups is 2. The number of ether oxygens (including phenoxy) is 4. The molecule has 0 rings (SSSR count). The molecule has 0 aliphatic heterocycles. The lowest BCUT2D eigenvalue weighted by Gasteiger charge is -2.21. The average Bonchev–Trinajstić information content (AvgIpc) is 1.17. The van der Waals surface area contributed by atoms with Crippen LogP contribution in [0.4, 0.5) is 0 Å². The van der Waals surface area contributed by atoms with Gasteiger partial charge < -0.3 is 33.8 Å². The first kappa shape index (κ1) is 92.5. The quantitative estimate of drug-likeness (QED) is 0.0169. The van der Waals surface area contributed by atoms with Gasteiger partial charge in [-0.2, -0.15) is 0 Å². The Morgan fingerprint density at radius 3 is 0.885 bits per heavy atom. The molecular formula is C77H138O17P2. The number of unbranched alkanes of at least 4 members (excludes halogenated alkanes) is 34. The average molecular weight is 1400 g/mol. The maximum absolute atomic E-state index is 13.1. The Balaban J connectivity index is 5.29. The monoisotopic (exact) mass is 1400 g/mol. The van der Waals surface area contributed by atoms with Crippen LogP contribution in [0.15, 0.2) is 72.9 Å². The van der Waals surface area contributed by atoms with Crippen molar-refractivity contribution in [3.8, 4) is 0 Å². The van der Waals surface area contributed by atoms with Gasteiger partial charge >= 0.3 is 39.5 Å². The van der Waals surface area contributed by atoms with Crippen molar-refractivity contribution in [1.29, 1.82) is 0 Å². The van der Waals surface area contributed by atoms with E-state index < -0.39 is 97.5 Å². The standard InChI is InChI=1S/C77H138O17P2/c1-5-9-13-17-21-25-29-32-33-34-35-36-37-40-43-46-50-54-58-62-75(80)88-68-73(94-77(82)64-60-56-52-48-44-39-31-27-23-19-15-11-7-3)70-92-96(85,86)90-66-71(78)65-89-95(83,84)91-69-72(93-76(81)63-59-55-51-47-41-28-24-20-16-12-8-4)67-87-74(79)61-57-53-49-45-42-38-30-26-22-18-14-10-6-2/h9,13,20-21,24-25,27,31-33,35-36,71-73,78H,5-8,10-12,14-19,22-23,26,28-30,34,37-70H2,1-4H3,(H,83,84)(H,85,86)/b13-9-,24-20-,25-21-,31-27-,33-32-,36-35-. The number of phosphoric ester groups is 2. The van der Waals surface area contributed by atoms with Crippen molar-refractivity contribution in [3.63, 3.8) is 0 Å². The predicted molar refractivity (Wildman–Crippen MR) is 390 cm³/mol. The highest BCUT2D eigenvalue weighted by Crippen LogP contribution is 2.45. The van der Waals surface area contributed by atoms with Gasteiger partial charge in [-0.25, -0.2) is 9.13 Å². The van der Waals surface area contributed by atoms with Crippen molar-refractivity contribution >= 4 is 39.5 Å². The van der Waals surface area contributed by atoms with Gasteiger partial charge in [-0.1, -0.05) is 274 Å². The van der Waals surface area contributed by atoms with Crippen LogP contribution in [0.1, 0.15) is 336 Å². The van der Waals surface area contributed by atoms with Crippen LogP contribution in [-0.4, -0.2) is 96.7 Å². The van der Waals surface area contributed by atoms with E-state index in [4.69, 9.17) is 37.0 Å². The highest BCUT2D eigenvalue weighted by molar-refractivity contribution is 7.47. The molecule has 558 valence electrons. The fourth-order valence-electron chi connectivity index (χ4n) is 10.3. The van der Waals surface area contributed by atoms with Crippen molar-refractivity contribution in [2.45, 2.75) is 354 Å². The van der Waals surface area contributed by atoms with E-state index in [0.29, 0.717) is 25.7 Å². The summed E-state index contributed by atoms with van der Waals surface area (Å²) in [5.74, 6) is -2.19. The molecule has 0 saturated carbocycles. The van der Waals surface area contributed by atoms with Crippen LogP contribution in [0.3, 0.4) is 0 Å². The van der Waals surface area contributed by atoms with E-state index in [0.717, 1.165) is 161 Å². The van der Waals surface area contributed by atoms with E-state index in [-0.39, 0.29) is 25.7 Å². The van der Waals surface area contributed by atoms with Gasteiger partial charge in [-0.05, 0) is 109 Å². The van der Waals surface area contributed by atoms with Gasteiger partial charge in [0.05, 0.1) is 26.4 Å².